The highest BCUT2D eigenvalue weighted by atomic mass is 16.7. The van der Waals surface area contributed by atoms with Crippen LogP contribution in [0.15, 0.2) is 0 Å². The molecule has 5 N–H and O–H groups in total. The summed E-state index contributed by atoms with van der Waals surface area (Å²) in [5, 5.41) is 35.0. The lowest BCUT2D eigenvalue weighted by molar-refractivity contribution is -0.294. The van der Waals surface area contributed by atoms with Gasteiger partial charge >= 0.3 is 5.97 Å². The standard InChI is InChI=1S/C24H39N3O13/c1-15-21(33)22(34)23(35)24(39-15)38-14-13-37-12-9-26-17(29)7-10-36-11-8-25-16(28)3-2-4-20(32)40-27-18(30)5-6-19(27)31/h15,21-24,33-35H,2-14H2,1H3,(H,25,28)(H,26,29)/t15-,21-,22+,23+,24+/m0/s1. The number of amides is 4. The topological polar surface area (TPSA) is 219 Å². The van der Waals surface area contributed by atoms with Crippen LogP contribution in [0.3, 0.4) is 0 Å². The number of nitrogens with zero attached hydrogens (tertiary/aromatic N) is 1. The largest absolute Gasteiger partial charge is 0.388 e. The van der Waals surface area contributed by atoms with Gasteiger partial charge in [-0.1, -0.05) is 0 Å². The van der Waals surface area contributed by atoms with Gasteiger partial charge in [-0.3, -0.25) is 19.2 Å². The molecule has 0 spiro atoms. The molecule has 0 saturated carbocycles. The van der Waals surface area contributed by atoms with Gasteiger partial charge < -0.3 is 49.7 Å². The number of aliphatic hydroxyl groups is 3. The van der Waals surface area contributed by atoms with E-state index in [1.54, 1.807) is 6.92 Å². The lowest BCUT2D eigenvalue weighted by atomic mass is 10.0. The van der Waals surface area contributed by atoms with Gasteiger partial charge in [0.05, 0.1) is 39.1 Å². The number of carbonyl (C=O) groups is 5. The summed E-state index contributed by atoms with van der Waals surface area (Å²) >= 11 is 0. The van der Waals surface area contributed by atoms with Crippen molar-refractivity contribution in [3.8, 4) is 0 Å². The maximum atomic E-state index is 11.8. The first kappa shape index (κ1) is 33.5. The van der Waals surface area contributed by atoms with Gasteiger partial charge in [0, 0.05) is 45.2 Å². The number of hydrogen-bond acceptors (Lipinski definition) is 13. The molecule has 228 valence electrons. The van der Waals surface area contributed by atoms with Gasteiger partial charge in [0.2, 0.25) is 11.8 Å². The number of hydrogen-bond donors (Lipinski definition) is 5. The van der Waals surface area contributed by atoms with Crippen molar-refractivity contribution in [1.29, 1.82) is 0 Å². The summed E-state index contributed by atoms with van der Waals surface area (Å²) in [6, 6.07) is 0. The highest BCUT2D eigenvalue weighted by Crippen LogP contribution is 2.21. The fraction of sp³-hybridized carbons (Fsp3) is 0.792. The molecule has 0 aromatic rings. The van der Waals surface area contributed by atoms with Crippen LogP contribution in [-0.4, -0.2) is 127 Å². The second kappa shape index (κ2) is 17.9. The average molecular weight is 578 g/mol. The van der Waals surface area contributed by atoms with Crippen LogP contribution in [0, 0.1) is 0 Å². The van der Waals surface area contributed by atoms with Gasteiger partial charge in [0.25, 0.3) is 11.8 Å². The molecule has 2 heterocycles. The van der Waals surface area contributed by atoms with Gasteiger partial charge in [-0.05, 0) is 13.3 Å². The summed E-state index contributed by atoms with van der Waals surface area (Å²) in [6.07, 6.45) is -5.46. The Balaban J connectivity index is 1.37. The van der Waals surface area contributed by atoms with Crippen LogP contribution in [0.25, 0.3) is 0 Å². The van der Waals surface area contributed by atoms with Crippen molar-refractivity contribution in [3.05, 3.63) is 0 Å². The smallest absolute Gasteiger partial charge is 0.333 e. The minimum absolute atomic E-state index is 0.0130. The third kappa shape index (κ3) is 11.8. The molecule has 0 radical (unpaired) electrons. The van der Waals surface area contributed by atoms with Crippen LogP contribution in [0.1, 0.15) is 45.4 Å². The Hall–Kier alpha value is -2.73. The fourth-order valence-electron chi connectivity index (χ4n) is 3.64. The maximum absolute atomic E-state index is 11.8. The van der Waals surface area contributed by atoms with Crippen molar-refractivity contribution in [2.45, 2.75) is 76.2 Å². The highest BCUT2D eigenvalue weighted by molar-refractivity contribution is 6.01. The van der Waals surface area contributed by atoms with Crippen LogP contribution in [-0.2, 0) is 47.8 Å². The van der Waals surface area contributed by atoms with E-state index in [2.05, 4.69) is 10.6 Å². The SMILES string of the molecule is C[C@@H]1O[C@@H](OCCOCCNC(=O)CCOCCNC(=O)CCCC(=O)ON2C(=O)CCC2=O)[C@H](O)[C@H](O)[C@H]1O. The Morgan fingerprint density at radius 2 is 1.43 bits per heavy atom. The first-order valence-corrected chi connectivity index (χ1v) is 13.2. The van der Waals surface area contributed by atoms with Crippen LogP contribution in [0.4, 0.5) is 0 Å². The molecule has 4 amide bonds. The molecule has 2 aliphatic rings. The molecule has 0 bridgehead atoms. The normalized spacial score (nSPS) is 24.7. The zero-order chi connectivity index (χ0) is 29.5. The van der Waals surface area contributed by atoms with Gasteiger partial charge in [0.1, 0.15) is 18.3 Å². The first-order valence-electron chi connectivity index (χ1n) is 13.2. The summed E-state index contributed by atoms with van der Waals surface area (Å²) in [5.74, 6) is -2.43. The monoisotopic (exact) mass is 577 g/mol. The van der Waals surface area contributed by atoms with Crippen LogP contribution in [0.5, 0.6) is 0 Å². The van der Waals surface area contributed by atoms with Crippen molar-refractivity contribution in [2.24, 2.45) is 0 Å². The molecular weight excluding hydrogens is 538 g/mol. The van der Waals surface area contributed by atoms with Gasteiger partial charge in [-0.2, -0.15) is 0 Å². The van der Waals surface area contributed by atoms with E-state index in [-0.39, 0.29) is 96.5 Å². The molecule has 2 rings (SSSR count). The summed E-state index contributed by atoms with van der Waals surface area (Å²) in [5.41, 5.74) is 0. The summed E-state index contributed by atoms with van der Waals surface area (Å²) in [4.78, 5) is 62.8. The third-order valence-corrected chi connectivity index (χ3v) is 5.91. The van der Waals surface area contributed by atoms with Crippen molar-refractivity contribution < 1.29 is 63.1 Å². The van der Waals surface area contributed by atoms with Crippen molar-refractivity contribution in [2.75, 3.05) is 46.1 Å². The number of aliphatic hydroxyl groups excluding tert-OH is 3. The van der Waals surface area contributed by atoms with Crippen molar-refractivity contribution >= 4 is 29.6 Å². The molecule has 5 atom stereocenters. The molecule has 2 aliphatic heterocycles. The van der Waals surface area contributed by atoms with E-state index in [1.807, 2.05) is 0 Å². The minimum Gasteiger partial charge on any atom is -0.388 e. The van der Waals surface area contributed by atoms with E-state index in [0.29, 0.717) is 5.06 Å². The average Bonchev–Trinajstić information content (AvgIpc) is 3.23. The van der Waals surface area contributed by atoms with E-state index >= 15 is 0 Å². The van der Waals surface area contributed by atoms with Crippen molar-refractivity contribution in [3.63, 3.8) is 0 Å². The molecule has 40 heavy (non-hydrogen) atoms. The predicted molar refractivity (Wildman–Crippen MR) is 132 cm³/mol. The van der Waals surface area contributed by atoms with Crippen LogP contribution < -0.4 is 10.6 Å². The van der Waals surface area contributed by atoms with Crippen LogP contribution >= 0.6 is 0 Å². The Morgan fingerprint density at radius 3 is 2.08 bits per heavy atom. The molecule has 0 aliphatic carbocycles. The highest BCUT2D eigenvalue weighted by Gasteiger charge is 2.42. The second-order valence-electron chi connectivity index (χ2n) is 9.13. The Morgan fingerprint density at radius 1 is 0.825 bits per heavy atom. The molecule has 2 fully saturated rings. The Labute approximate surface area is 231 Å². The van der Waals surface area contributed by atoms with E-state index in [1.165, 1.54) is 0 Å². The van der Waals surface area contributed by atoms with E-state index in [0.717, 1.165) is 0 Å². The Kier molecular flexibility index (Phi) is 14.9. The number of nitrogens with one attached hydrogen (secondary N) is 2. The molecule has 2 saturated heterocycles. The molecule has 0 aromatic heterocycles. The summed E-state index contributed by atoms with van der Waals surface area (Å²) < 4.78 is 21.3. The van der Waals surface area contributed by atoms with Gasteiger partial charge in [-0.15, -0.1) is 5.06 Å². The first-order chi connectivity index (χ1) is 19.1. The summed E-state index contributed by atoms with van der Waals surface area (Å²) in [6.45, 7) is 2.84. The number of imide groups is 1. The molecule has 16 nitrogen and oxygen atoms in total. The number of rotatable bonds is 18. The molecule has 0 aromatic carbocycles. The second-order valence-corrected chi connectivity index (χ2v) is 9.13. The number of carbonyl (C=O) groups excluding carboxylic acids is 5. The zero-order valence-corrected chi connectivity index (χ0v) is 22.5. The lowest BCUT2D eigenvalue weighted by Gasteiger charge is -2.38. The summed E-state index contributed by atoms with van der Waals surface area (Å²) in [7, 11) is 0. The number of hydroxylamine groups is 2. The van der Waals surface area contributed by atoms with E-state index in [9.17, 15) is 39.3 Å². The molecule has 16 heteroatoms. The predicted octanol–water partition coefficient (Wildman–Crippen LogP) is -2.74. The minimum atomic E-state index is -1.38. The third-order valence-electron chi connectivity index (χ3n) is 5.91. The molecular formula is C24H39N3O13. The van der Waals surface area contributed by atoms with E-state index in [4.69, 9.17) is 23.8 Å². The van der Waals surface area contributed by atoms with Crippen LogP contribution in [0.2, 0.25) is 0 Å². The fourth-order valence-corrected chi connectivity index (χ4v) is 3.64. The maximum Gasteiger partial charge on any atom is 0.333 e. The zero-order valence-electron chi connectivity index (χ0n) is 22.5. The Bertz CT molecular complexity index is 842. The quantitative estimate of drug-likeness (QED) is 0.0826. The van der Waals surface area contributed by atoms with Crippen molar-refractivity contribution in [1.82, 2.24) is 15.7 Å². The van der Waals surface area contributed by atoms with Gasteiger partial charge in [0.15, 0.2) is 6.29 Å². The lowest BCUT2D eigenvalue weighted by Crippen LogP contribution is -2.57. The number of ether oxygens (including phenoxy) is 4. The van der Waals surface area contributed by atoms with Gasteiger partial charge in [-0.25, -0.2) is 4.79 Å². The van der Waals surface area contributed by atoms with E-state index < -0.39 is 48.5 Å². The molecule has 0 unspecified atom stereocenters.